The van der Waals surface area contributed by atoms with Crippen LogP contribution in [0.1, 0.15) is 30.6 Å². The first-order chi connectivity index (χ1) is 11.2. The van der Waals surface area contributed by atoms with Crippen LogP contribution in [-0.4, -0.2) is 43.5 Å². The third-order valence-corrected chi connectivity index (χ3v) is 6.27. The molecule has 1 aliphatic heterocycles. The van der Waals surface area contributed by atoms with Gasteiger partial charge in [-0.2, -0.15) is 0 Å². The Labute approximate surface area is 141 Å². The van der Waals surface area contributed by atoms with Crippen molar-refractivity contribution in [1.29, 1.82) is 0 Å². The van der Waals surface area contributed by atoms with Crippen LogP contribution in [0.5, 0.6) is 0 Å². The predicted molar refractivity (Wildman–Crippen MR) is 93.7 cm³/mol. The summed E-state index contributed by atoms with van der Waals surface area (Å²) in [5.74, 6) is 0.715. The second-order valence-electron chi connectivity index (χ2n) is 6.70. The molecule has 2 heterocycles. The average molecular weight is 337 g/mol. The zero-order valence-corrected chi connectivity index (χ0v) is 14.4. The maximum absolute atomic E-state index is 10.7. The van der Waals surface area contributed by atoms with Crippen LogP contribution < -0.4 is 11.1 Å². The van der Waals surface area contributed by atoms with Crippen LogP contribution in [0.4, 0.5) is 0 Å². The fourth-order valence-corrected chi connectivity index (χ4v) is 4.54. The van der Waals surface area contributed by atoms with Crippen molar-refractivity contribution in [2.45, 2.75) is 38.2 Å². The second-order valence-corrected chi connectivity index (χ2v) is 7.73. The minimum absolute atomic E-state index is 0.0692. The van der Waals surface area contributed by atoms with Crippen molar-refractivity contribution in [1.82, 2.24) is 5.32 Å². The lowest BCUT2D eigenvalue weighted by Crippen LogP contribution is -2.39. The van der Waals surface area contributed by atoms with Gasteiger partial charge in [-0.15, -0.1) is 11.3 Å². The second kappa shape index (κ2) is 7.64. The molecule has 5 nitrogen and oxygen atoms in total. The van der Waals surface area contributed by atoms with Gasteiger partial charge in [0.1, 0.15) is 0 Å². The quantitative estimate of drug-likeness (QED) is 0.565. The molecule has 2 unspecified atom stereocenters. The van der Waals surface area contributed by atoms with E-state index in [1.54, 1.807) is 11.3 Å². The number of nitrogens with two attached hydrogens (primary N) is 1. The third kappa shape index (κ3) is 4.05. The van der Waals surface area contributed by atoms with E-state index in [0.29, 0.717) is 12.5 Å². The van der Waals surface area contributed by atoms with Crippen molar-refractivity contribution < 1.29 is 9.84 Å². The molecule has 0 amide bonds. The first kappa shape index (κ1) is 16.7. The van der Waals surface area contributed by atoms with E-state index in [0.717, 1.165) is 51.9 Å². The summed E-state index contributed by atoms with van der Waals surface area (Å²) in [6, 6.07) is 4.19. The van der Waals surface area contributed by atoms with Gasteiger partial charge in [0.15, 0.2) is 5.96 Å². The van der Waals surface area contributed by atoms with E-state index in [1.807, 2.05) is 0 Å². The molecule has 1 aliphatic carbocycles. The number of hydrogen-bond donors (Lipinski definition) is 3. The van der Waals surface area contributed by atoms with Gasteiger partial charge in [-0.25, -0.2) is 0 Å². The van der Waals surface area contributed by atoms with E-state index in [1.165, 1.54) is 4.88 Å². The summed E-state index contributed by atoms with van der Waals surface area (Å²) in [6.07, 6.45) is 4.76. The largest absolute Gasteiger partial charge is 0.392 e. The normalized spacial score (nSPS) is 27.4. The first-order valence-corrected chi connectivity index (χ1v) is 9.40. The molecule has 1 spiro atoms. The lowest BCUT2D eigenvalue weighted by Gasteiger charge is -2.37. The van der Waals surface area contributed by atoms with Gasteiger partial charge in [-0.1, -0.05) is 6.07 Å². The van der Waals surface area contributed by atoms with Gasteiger partial charge in [-0.3, -0.25) is 4.99 Å². The lowest BCUT2D eigenvalue weighted by molar-refractivity contribution is -0.0548. The molecular weight excluding hydrogens is 310 g/mol. The molecule has 128 valence electrons. The topological polar surface area (TPSA) is 79.9 Å². The zero-order valence-electron chi connectivity index (χ0n) is 13.5. The monoisotopic (exact) mass is 337 g/mol. The van der Waals surface area contributed by atoms with E-state index < -0.39 is 0 Å². The Kier molecular flexibility index (Phi) is 5.56. The standard InChI is InChI=1S/C17H27N3O2S/c18-16(19-8-4-14-2-1-11-23-14)20-12-13-3-5-17(15(13)21)6-9-22-10-7-17/h1-2,11,13,15,21H,3-10,12H2,(H3,18,19,20). The van der Waals surface area contributed by atoms with Crippen molar-refractivity contribution in [3.63, 3.8) is 0 Å². The molecule has 1 saturated heterocycles. The van der Waals surface area contributed by atoms with Gasteiger partial charge in [0.05, 0.1) is 6.10 Å². The van der Waals surface area contributed by atoms with E-state index in [-0.39, 0.29) is 17.4 Å². The Morgan fingerprint density at radius 2 is 2.26 bits per heavy atom. The molecule has 23 heavy (non-hydrogen) atoms. The van der Waals surface area contributed by atoms with E-state index in [4.69, 9.17) is 10.5 Å². The fourth-order valence-electron chi connectivity index (χ4n) is 3.83. The van der Waals surface area contributed by atoms with Crippen molar-refractivity contribution in [2.75, 3.05) is 26.3 Å². The van der Waals surface area contributed by atoms with E-state index in [2.05, 4.69) is 27.8 Å². The molecule has 2 fully saturated rings. The number of ether oxygens (including phenoxy) is 1. The smallest absolute Gasteiger partial charge is 0.188 e. The number of aliphatic hydroxyl groups excluding tert-OH is 1. The van der Waals surface area contributed by atoms with Crippen molar-refractivity contribution in [3.8, 4) is 0 Å². The summed E-state index contributed by atoms with van der Waals surface area (Å²) in [5, 5.41) is 15.9. The maximum atomic E-state index is 10.7. The van der Waals surface area contributed by atoms with Crippen LogP contribution >= 0.6 is 11.3 Å². The van der Waals surface area contributed by atoms with Crippen LogP contribution in [-0.2, 0) is 11.2 Å². The number of guanidine groups is 1. The molecule has 6 heteroatoms. The summed E-state index contributed by atoms with van der Waals surface area (Å²) in [5.41, 5.74) is 6.02. The lowest BCUT2D eigenvalue weighted by atomic mass is 9.76. The minimum Gasteiger partial charge on any atom is -0.392 e. The number of aliphatic hydroxyl groups is 1. The number of thiophene rings is 1. The van der Waals surface area contributed by atoms with Crippen LogP contribution in [0.25, 0.3) is 0 Å². The molecular formula is C17H27N3O2S. The molecule has 0 aromatic carbocycles. The van der Waals surface area contributed by atoms with Gasteiger partial charge in [0, 0.05) is 42.5 Å². The summed E-state index contributed by atoms with van der Waals surface area (Å²) >= 11 is 1.76. The molecule has 2 aliphatic rings. The number of hydrogen-bond acceptors (Lipinski definition) is 4. The van der Waals surface area contributed by atoms with Gasteiger partial charge in [0.25, 0.3) is 0 Å². The molecule has 1 aromatic rings. The number of nitrogens with zero attached hydrogens (tertiary/aromatic N) is 1. The number of nitrogens with one attached hydrogen (secondary N) is 1. The number of aliphatic imine (C=N–C) groups is 1. The highest BCUT2D eigenvalue weighted by Crippen LogP contribution is 2.48. The van der Waals surface area contributed by atoms with E-state index >= 15 is 0 Å². The molecule has 1 aromatic heterocycles. The Hall–Kier alpha value is -1.11. The van der Waals surface area contributed by atoms with Crippen molar-refractivity contribution in [3.05, 3.63) is 22.4 Å². The molecule has 0 bridgehead atoms. The summed E-state index contributed by atoms with van der Waals surface area (Å²) in [6.45, 7) is 2.96. The highest BCUT2D eigenvalue weighted by molar-refractivity contribution is 7.09. The minimum atomic E-state index is -0.269. The van der Waals surface area contributed by atoms with Crippen molar-refractivity contribution in [2.24, 2.45) is 22.1 Å². The predicted octanol–water partition coefficient (Wildman–Crippen LogP) is 1.76. The van der Waals surface area contributed by atoms with Gasteiger partial charge >= 0.3 is 0 Å². The summed E-state index contributed by atoms with van der Waals surface area (Å²) < 4.78 is 5.45. The summed E-state index contributed by atoms with van der Waals surface area (Å²) in [4.78, 5) is 5.79. The van der Waals surface area contributed by atoms with Gasteiger partial charge < -0.3 is 20.9 Å². The maximum Gasteiger partial charge on any atom is 0.188 e. The average Bonchev–Trinajstić information content (AvgIpc) is 3.17. The highest BCUT2D eigenvalue weighted by atomic mass is 32.1. The first-order valence-electron chi connectivity index (χ1n) is 8.52. The van der Waals surface area contributed by atoms with Crippen LogP contribution in [0, 0.1) is 11.3 Å². The van der Waals surface area contributed by atoms with E-state index in [9.17, 15) is 5.11 Å². The molecule has 0 radical (unpaired) electrons. The van der Waals surface area contributed by atoms with Gasteiger partial charge in [0.2, 0.25) is 0 Å². The van der Waals surface area contributed by atoms with Crippen LogP contribution in [0.2, 0.25) is 0 Å². The Bertz CT molecular complexity index is 512. The summed E-state index contributed by atoms with van der Waals surface area (Å²) in [7, 11) is 0. The molecule has 4 N–H and O–H groups in total. The third-order valence-electron chi connectivity index (χ3n) is 5.33. The zero-order chi connectivity index (χ0) is 16.1. The van der Waals surface area contributed by atoms with Crippen LogP contribution in [0.3, 0.4) is 0 Å². The Morgan fingerprint density at radius 3 is 3.00 bits per heavy atom. The van der Waals surface area contributed by atoms with Crippen molar-refractivity contribution >= 4 is 17.3 Å². The van der Waals surface area contributed by atoms with Crippen LogP contribution in [0.15, 0.2) is 22.5 Å². The van der Waals surface area contributed by atoms with Gasteiger partial charge in [-0.05, 0) is 43.6 Å². The Morgan fingerprint density at radius 1 is 1.43 bits per heavy atom. The SMILES string of the molecule is NC(=NCC1CCC2(CCOCC2)C1O)NCCc1cccs1. The highest BCUT2D eigenvalue weighted by Gasteiger charge is 2.47. The molecule has 1 saturated carbocycles. The molecule has 3 rings (SSSR count). The number of rotatable bonds is 5. The Balaban J connectivity index is 1.43. The molecule has 2 atom stereocenters. The fraction of sp³-hybridized carbons (Fsp3) is 0.706.